The summed E-state index contributed by atoms with van der Waals surface area (Å²) in [4.78, 5) is 33.6. The van der Waals surface area contributed by atoms with E-state index in [0.29, 0.717) is 22.9 Å². The van der Waals surface area contributed by atoms with Crippen molar-refractivity contribution in [1.82, 2.24) is 19.2 Å². The zero-order chi connectivity index (χ0) is 18.8. The van der Waals surface area contributed by atoms with Gasteiger partial charge in [0.05, 0.1) is 12.8 Å². The van der Waals surface area contributed by atoms with Crippen LogP contribution in [0, 0.1) is 0 Å². The molecule has 0 spiro atoms. The molecule has 1 N–H and O–H groups in total. The Kier molecular flexibility index (Phi) is 4.13. The number of ether oxygens (including phenoxy) is 1. The summed E-state index contributed by atoms with van der Waals surface area (Å²) in [6.45, 7) is 0. The molecule has 0 fully saturated rings. The van der Waals surface area contributed by atoms with E-state index in [2.05, 4.69) is 15.3 Å². The van der Waals surface area contributed by atoms with Crippen molar-refractivity contribution in [2.75, 3.05) is 12.4 Å². The number of carbonyl (C=O) groups is 1. The van der Waals surface area contributed by atoms with E-state index < -0.39 is 5.91 Å². The summed E-state index contributed by atoms with van der Waals surface area (Å²) in [5, 5.41) is 2.73. The van der Waals surface area contributed by atoms with Crippen molar-refractivity contribution < 1.29 is 9.53 Å². The zero-order valence-electron chi connectivity index (χ0n) is 14.4. The van der Waals surface area contributed by atoms with Crippen molar-refractivity contribution in [3.8, 4) is 11.4 Å². The summed E-state index contributed by atoms with van der Waals surface area (Å²) in [6, 6.07) is 15.1. The smallest absolute Gasteiger partial charge is 0.275 e. The van der Waals surface area contributed by atoms with Gasteiger partial charge in [0.25, 0.3) is 11.5 Å². The minimum atomic E-state index is -0.408. The highest BCUT2D eigenvalue weighted by Gasteiger charge is 2.19. The fourth-order valence-electron chi connectivity index (χ4n) is 2.76. The van der Waals surface area contributed by atoms with Gasteiger partial charge in [-0.2, -0.15) is 4.52 Å². The molecule has 4 aromatic rings. The highest BCUT2D eigenvalue weighted by molar-refractivity contribution is 6.03. The molecule has 0 aliphatic carbocycles. The van der Waals surface area contributed by atoms with Gasteiger partial charge < -0.3 is 10.1 Å². The van der Waals surface area contributed by atoms with Gasteiger partial charge in [0.2, 0.25) is 0 Å². The maximum atomic E-state index is 12.9. The molecule has 27 heavy (non-hydrogen) atoms. The number of rotatable bonds is 4. The molecule has 8 heteroatoms. The second-order valence-electron chi connectivity index (χ2n) is 5.66. The molecule has 1 aromatic carbocycles. The van der Waals surface area contributed by atoms with E-state index in [1.807, 2.05) is 0 Å². The standard InChI is InChI=1S/C19H15N5O3/c1-27-14-7-5-13(6-8-14)23-15(12-17-21-11-9-18(25)24(17)23)19(26)22-16-4-2-3-10-20-16/h2-12H,1H3,(H,20,22,26). The monoisotopic (exact) mass is 361 g/mol. The van der Waals surface area contributed by atoms with E-state index >= 15 is 0 Å². The molecule has 0 bridgehead atoms. The van der Waals surface area contributed by atoms with Crippen LogP contribution in [0.3, 0.4) is 0 Å². The van der Waals surface area contributed by atoms with Gasteiger partial charge in [-0.15, -0.1) is 0 Å². The van der Waals surface area contributed by atoms with E-state index in [9.17, 15) is 9.59 Å². The Morgan fingerprint density at radius 3 is 2.56 bits per heavy atom. The van der Waals surface area contributed by atoms with E-state index in [1.54, 1.807) is 61.8 Å². The molecule has 3 aromatic heterocycles. The third-order valence-electron chi connectivity index (χ3n) is 4.00. The van der Waals surface area contributed by atoms with Gasteiger partial charge >= 0.3 is 0 Å². The van der Waals surface area contributed by atoms with Crippen LogP contribution in [-0.2, 0) is 0 Å². The molecule has 0 aliphatic rings. The van der Waals surface area contributed by atoms with Crippen LogP contribution in [0.25, 0.3) is 11.3 Å². The Hall–Kier alpha value is -3.94. The van der Waals surface area contributed by atoms with Crippen LogP contribution in [0.4, 0.5) is 5.82 Å². The lowest BCUT2D eigenvalue weighted by molar-refractivity contribution is 0.101. The topological polar surface area (TPSA) is 90.5 Å². The SMILES string of the molecule is COc1ccc(-n2c(C(=O)Nc3ccccn3)cc3nccc(=O)n32)cc1. The lowest BCUT2D eigenvalue weighted by atomic mass is 10.3. The molecule has 1 amide bonds. The fourth-order valence-corrected chi connectivity index (χ4v) is 2.76. The molecule has 0 saturated carbocycles. The molecular weight excluding hydrogens is 346 g/mol. The number of anilines is 1. The minimum absolute atomic E-state index is 0.251. The molecule has 0 saturated heterocycles. The summed E-state index contributed by atoms with van der Waals surface area (Å²) in [7, 11) is 1.57. The largest absolute Gasteiger partial charge is 0.497 e. The van der Waals surface area contributed by atoms with E-state index in [-0.39, 0.29) is 11.3 Å². The first kappa shape index (κ1) is 16.5. The molecule has 4 rings (SSSR count). The number of hydrogen-bond donors (Lipinski definition) is 1. The number of aromatic nitrogens is 4. The van der Waals surface area contributed by atoms with Gasteiger partial charge in [0.1, 0.15) is 17.3 Å². The quantitative estimate of drug-likeness (QED) is 0.601. The lowest BCUT2D eigenvalue weighted by Crippen LogP contribution is -2.24. The molecule has 0 atom stereocenters. The average Bonchev–Trinajstić information content (AvgIpc) is 3.10. The second kappa shape index (κ2) is 6.75. The van der Waals surface area contributed by atoms with E-state index in [0.717, 1.165) is 0 Å². The molecule has 3 heterocycles. The normalized spacial score (nSPS) is 10.7. The maximum Gasteiger partial charge on any atom is 0.275 e. The first-order valence-electron chi connectivity index (χ1n) is 8.14. The number of nitrogens with zero attached hydrogens (tertiary/aromatic N) is 4. The predicted octanol–water partition coefficient (Wildman–Crippen LogP) is 2.14. The Labute approximate surface area is 153 Å². The number of fused-ring (bicyclic) bond motifs is 1. The van der Waals surface area contributed by atoms with Gasteiger partial charge in [-0.05, 0) is 36.4 Å². The number of pyridine rings is 1. The van der Waals surface area contributed by atoms with E-state index in [1.165, 1.54) is 21.5 Å². The van der Waals surface area contributed by atoms with Crippen molar-refractivity contribution >= 4 is 17.4 Å². The van der Waals surface area contributed by atoms with Crippen LogP contribution in [0.15, 0.2) is 71.8 Å². The third kappa shape index (κ3) is 3.04. The lowest BCUT2D eigenvalue weighted by Gasteiger charge is -2.11. The summed E-state index contributed by atoms with van der Waals surface area (Å²) in [6.07, 6.45) is 3.00. The summed E-state index contributed by atoms with van der Waals surface area (Å²) >= 11 is 0. The maximum absolute atomic E-state index is 12.9. The number of hydrogen-bond acceptors (Lipinski definition) is 5. The van der Waals surface area contributed by atoms with Crippen LogP contribution in [0.2, 0.25) is 0 Å². The fraction of sp³-hybridized carbons (Fsp3) is 0.0526. The number of methoxy groups -OCH3 is 1. The number of benzene rings is 1. The number of amides is 1. The van der Waals surface area contributed by atoms with Gasteiger partial charge in [-0.1, -0.05) is 6.07 Å². The van der Waals surface area contributed by atoms with Crippen LogP contribution >= 0.6 is 0 Å². The van der Waals surface area contributed by atoms with Crippen LogP contribution in [0.1, 0.15) is 10.5 Å². The highest BCUT2D eigenvalue weighted by Crippen LogP contribution is 2.19. The molecule has 8 nitrogen and oxygen atoms in total. The van der Waals surface area contributed by atoms with Crippen molar-refractivity contribution in [3.05, 3.63) is 83.0 Å². The third-order valence-corrected chi connectivity index (χ3v) is 4.00. The summed E-state index contributed by atoms with van der Waals surface area (Å²) < 4.78 is 8.04. The number of carbonyl (C=O) groups excluding carboxylic acids is 1. The number of nitrogens with one attached hydrogen (secondary N) is 1. The Bertz CT molecular complexity index is 1160. The van der Waals surface area contributed by atoms with Crippen molar-refractivity contribution in [3.63, 3.8) is 0 Å². The van der Waals surface area contributed by atoms with E-state index in [4.69, 9.17) is 4.74 Å². The molecule has 0 aliphatic heterocycles. The first-order valence-corrected chi connectivity index (χ1v) is 8.14. The van der Waals surface area contributed by atoms with Gasteiger partial charge in [-0.25, -0.2) is 14.6 Å². The summed E-state index contributed by atoms with van der Waals surface area (Å²) in [5.41, 5.74) is 0.936. The van der Waals surface area contributed by atoms with Crippen LogP contribution in [0.5, 0.6) is 5.75 Å². The average molecular weight is 361 g/mol. The van der Waals surface area contributed by atoms with Crippen molar-refractivity contribution in [2.45, 2.75) is 0 Å². The highest BCUT2D eigenvalue weighted by atomic mass is 16.5. The van der Waals surface area contributed by atoms with Crippen molar-refractivity contribution in [2.24, 2.45) is 0 Å². The second-order valence-corrected chi connectivity index (χ2v) is 5.66. The van der Waals surface area contributed by atoms with Gasteiger partial charge in [-0.3, -0.25) is 9.59 Å². The molecule has 0 radical (unpaired) electrons. The molecule has 0 unspecified atom stereocenters. The zero-order valence-corrected chi connectivity index (χ0v) is 14.4. The summed E-state index contributed by atoms with van der Waals surface area (Å²) in [5.74, 6) is 0.670. The van der Waals surface area contributed by atoms with Gasteiger partial charge in [0, 0.05) is 24.5 Å². The Balaban J connectivity index is 1.88. The van der Waals surface area contributed by atoms with Gasteiger partial charge in [0.15, 0.2) is 5.65 Å². The van der Waals surface area contributed by atoms with Crippen LogP contribution < -0.4 is 15.6 Å². The van der Waals surface area contributed by atoms with Crippen LogP contribution in [-0.4, -0.2) is 32.2 Å². The van der Waals surface area contributed by atoms with Crippen molar-refractivity contribution in [1.29, 1.82) is 0 Å². The Morgan fingerprint density at radius 1 is 1.04 bits per heavy atom. The minimum Gasteiger partial charge on any atom is -0.497 e. The Morgan fingerprint density at radius 2 is 1.85 bits per heavy atom. The predicted molar refractivity (Wildman–Crippen MR) is 99.5 cm³/mol. The first-order chi connectivity index (χ1) is 13.2. The molecular formula is C19H15N5O3. The molecule has 134 valence electrons.